The summed E-state index contributed by atoms with van der Waals surface area (Å²) in [5.41, 5.74) is 0. The number of likely N-dealkylation sites (tertiary alicyclic amines) is 1. The quantitative estimate of drug-likeness (QED) is 0.663. The molecule has 0 spiro atoms. The lowest BCUT2D eigenvalue weighted by Crippen LogP contribution is -3.14. The number of carbonyl (C=O) groups is 1. The lowest BCUT2D eigenvalue weighted by molar-refractivity contribution is -0.901. The standard InChI is InChI=1S/C26H45NO/c28-26(25-15-13-24(14-16-25)23-11-5-2-6-12-23)20-27-17-7-10-22(19-27)18-21-8-3-1-4-9-21/h21-25H,1-20H2/p+1. The summed E-state index contributed by atoms with van der Waals surface area (Å²) in [6.45, 7) is 3.39. The van der Waals surface area contributed by atoms with Crippen molar-refractivity contribution >= 4 is 5.78 Å². The van der Waals surface area contributed by atoms with Crippen molar-refractivity contribution in [3.63, 3.8) is 0 Å². The van der Waals surface area contributed by atoms with E-state index in [1.54, 1.807) is 4.90 Å². The van der Waals surface area contributed by atoms with Gasteiger partial charge in [0.1, 0.15) is 6.54 Å². The van der Waals surface area contributed by atoms with Crippen molar-refractivity contribution < 1.29 is 9.69 Å². The third-order valence-corrected chi connectivity index (χ3v) is 9.08. The van der Waals surface area contributed by atoms with Crippen LogP contribution in [-0.2, 0) is 4.79 Å². The average molecular weight is 389 g/mol. The van der Waals surface area contributed by atoms with Crippen molar-refractivity contribution in [1.82, 2.24) is 0 Å². The first-order chi connectivity index (χ1) is 13.8. The molecule has 2 nitrogen and oxygen atoms in total. The molecule has 160 valence electrons. The summed E-state index contributed by atoms with van der Waals surface area (Å²) in [5.74, 6) is 4.89. The second kappa shape index (κ2) is 10.6. The molecule has 0 bridgehead atoms. The number of nitrogens with one attached hydrogen (secondary N) is 1. The van der Waals surface area contributed by atoms with Gasteiger partial charge in [0.05, 0.1) is 13.1 Å². The highest BCUT2D eigenvalue weighted by molar-refractivity contribution is 5.81. The van der Waals surface area contributed by atoms with E-state index in [4.69, 9.17) is 0 Å². The van der Waals surface area contributed by atoms with E-state index in [1.165, 1.54) is 122 Å². The molecule has 3 aliphatic carbocycles. The lowest BCUT2D eigenvalue weighted by atomic mass is 9.70. The normalized spacial score (nSPS) is 36.3. The molecule has 4 fully saturated rings. The van der Waals surface area contributed by atoms with Crippen LogP contribution >= 0.6 is 0 Å². The fourth-order valence-corrected chi connectivity index (χ4v) is 7.42. The van der Waals surface area contributed by atoms with Crippen LogP contribution in [0.15, 0.2) is 0 Å². The smallest absolute Gasteiger partial charge is 0.189 e. The third kappa shape index (κ3) is 5.83. The maximum absolute atomic E-state index is 13.0. The van der Waals surface area contributed by atoms with Gasteiger partial charge in [0.15, 0.2) is 5.78 Å². The monoisotopic (exact) mass is 388 g/mol. The Labute approximate surface area is 174 Å². The van der Waals surface area contributed by atoms with E-state index in [0.717, 1.165) is 30.2 Å². The molecule has 2 heteroatoms. The zero-order valence-corrected chi connectivity index (χ0v) is 18.4. The van der Waals surface area contributed by atoms with E-state index in [9.17, 15) is 4.79 Å². The summed E-state index contributed by atoms with van der Waals surface area (Å²) in [6, 6.07) is 0. The Bertz CT molecular complexity index is 469. The molecular weight excluding hydrogens is 342 g/mol. The highest BCUT2D eigenvalue weighted by Crippen LogP contribution is 2.40. The first kappa shape index (κ1) is 20.9. The van der Waals surface area contributed by atoms with Crippen LogP contribution in [0, 0.1) is 29.6 Å². The maximum Gasteiger partial charge on any atom is 0.189 e. The van der Waals surface area contributed by atoms with E-state index >= 15 is 0 Å². The zero-order valence-electron chi connectivity index (χ0n) is 18.4. The highest BCUT2D eigenvalue weighted by atomic mass is 16.1. The van der Waals surface area contributed by atoms with Crippen molar-refractivity contribution in [2.24, 2.45) is 29.6 Å². The average Bonchev–Trinajstić information content (AvgIpc) is 2.75. The number of ketones is 1. The van der Waals surface area contributed by atoms with Crippen LogP contribution in [0.1, 0.15) is 109 Å². The summed E-state index contributed by atoms with van der Waals surface area (Å²) >= 11 is 0. The number of hydrogen-bond donors (Lipinski definition) is 1. The summed E-state index contributed by atoms with van der Waals surface area (Å²) in [7, 11) is 0. The minimum Gasteiger partial charge on any atom is -0.329 e. The van der Waals surface area contributed by atoms with Crippen molar-refractivity contribution in [3.05, 3.63) is 0 Å². The van der Waals surface area contributed by atoms with E-state index in [1.807, 2.05) is 0 Å². The number of quaternary nitrogens is 1. The summed E-state index contributed by atoms with van der Waals surface area (Å²) < 4.78 is 0. The molecule has 28 heavy (non-hydrogen) atoms. The zero-order chi connectivity index (χ0) is 19.2. The summed E-state index contributed by atoms with van der Waals surface area (Å²) in [4.78, 5) is 14.7. The number of piperidine rings is 1. The predicted molar refractivity (Wildman–Crippen MR) is 117 cm³/mol. The molecule has 1 saturated heterocycles. The Morgan fingerprint density at radius 1 is 0.643 bits per heavy atom. The number of Topliss-reactive ketones (excluding diaryl/α,β-unsaturated/α-hetero) is 1. The van der Waals surface area contributed by atoms with Gasteiger partial charge in [0, 0.05) is 11.8 Å². The minimum absolute atomic E-state index is 0.408. The van der Waals surface area contributed by atoms with Crippen LogP contribution in [0.2, 0.25) is 0 Å². The second-order valence-corrected chi connectivity index (χ2v) is 11.1. The SMILES string of the molecule is O=C(C[NH+]1CCCC(CC2CCCCC2)C1)C1CCC(C2CCCCC2)CC1. The maximum atomic E-state index is 13.0. The molecular formula is C26H46NO+. The van der Waals surface area contributed by atoms with Gasteiger partial charge < -0.3 is 4.90 Å². The summed E-state index contributed by atoms with van der Waals surface area (Å²) in [6.07, 6.45) is 24.1. The van der Waals surface area contributed by atoms with Crippen LogP contribution in [0.4, 0.5) is 0 Å². The fraction of sp³-hybridized carbons (Fsp3) is 0.962. The molecule has 1 aliphatic heterocycles. The molecule has 3 saturated carbocycles. The van der Waals surface area contributed by atoms with Crippen molar-refractivity contribution in [2.45, 2.75) is 109 Å². The van der Waals surface area contributed by atoms with E-state index in [0.29, 0.717) is 11.7 Å². The molecule has 0 amide bonds. The molecule has 4 rings (SSSR count). The Morgan fingerprint density at radius 2 is 1.25 bits per heavy atom. The van der Waals surface area contributed by atoms with Gasteiger partial charge in [-0.15, -0.1) is 0 Å². The second-order valence-electron chi connectivity index (χ2n) is 11.1. The fourth-order valence-electron chi connectivity index (χ4n) is 7.42. The Morgan fingerprint density at radius 3 is 1.96 bits per heavy atom. The number of hydrogen-bond acceptors (Lipinski definition) is 1. The van der Waals surface area contributed by atoms with Crippen LogP contribution in [0.3, 0.4) is 0 Å². The van der Waals surface area contributed by atoms with E-state index in [2.05, 4.69) is 0 Å². The minimum atomic E-state index is 0.408. The van der Waals surface area contributed by atoms with Gasteiger partial charge >= 0.3 is 0 Å². The van der Waals surface area contributed by atoms with Crippen LogP contribution in [0.25, 0.3) is 0 Å². The molecule has 0 aromatic rings. The van der Waals surface area contributed by atoms with Gasteiger partial charge in [0.25, 0.3) is 0 Å². The van der Waals surface area contributed by atoms with Crippen molar-refractivity contribution in [1.29, 1.82) is 0 Å². The molecule has 2 unspecified atom stereocenters. The molecule has 0 aromatic carbocycles. The molecule has 1 heterocycles. The van der Waals surface area contributed by atoms with E-state index < -0.39 is 0 Å². The predicted octanol–water partition coefficient (Wildman–Crippen LogP) is 5.21. The third-order valence-electron chi connectivity index (χ3n) is 9.08. The largest absolute Gasteiger partial charge is 0.329 e. The number of rotatable bonds is 6. The first-order valence-electron chi connectivity index (χ1n) is 13.1. The Hall–Kier alpha value is -0.370. The molecule has 2 atom stereocenters. The van der Waals surface area contributed by atoms with Gasteiger partial charge in [-0.3, -0.25) is 4.79 Å². The van der Waals surface area contributed by atoms with E-state index in [-0.39, 0.29) is 0 Å². The molecule has 0 aromatic heterocycles. The highest BCUT2D eigenvalue weighted by Gasteiger charge is 2.34. The molecule has 1 N–H and O–H groups in total. The van der Waals surface area contributed by atoms with Gasteiger partial charge in [-0.25, -0.2) is 0 Å². The van der Waals surface area contributed by atoms with Crippen LogP contribution < -0.4 is 4.90 Å². The van der Waals surface area contributed by atoms with Gasteiger partial charge in [-0.2, -0.15) is 0 Å². The Balaban J connectivity index is 1.18. The van der Waals surface area contributed by atoms with Crippen molar-refractivity contribution in [2.75, 3.05) is 19.6 Å². The summed E-state index contributed by atoms with van der Waals surface area (Å²) in [5, 5.41) is 0. The molecule has 0 radical (unpaired) electrons. The molecule has 4 aliphatic rings. The van der Waals surface area contributed by atoms with Crippen molar-refractivity contribution in [3.8, 4) is 0 Å². The van der Waals surface area contributed by atoms with Crippen LogP contribution in [-0.4, -0.2) is 25.4 Å². The lowest BCUT2D eigenvalue weighted by Gasteiger charge is -2.36. The van der Waals surface area contributed by atoms with Gasteiger partial charge in [-0.05, 0) is 62.7 Å². The van der Waals surface area contributed by atoms with Crippen LogP contribution in [0.5, 0.6) is 0 Å². The Kier molecular flexibility index (Phi) is 7.90. The topological polar surface area (TPSA) is 21.5 Å². The van der Waals surface area contributed by atoms with Gasteiger partial charge in [0.2, 0.25) is 0 Å². The first-order valence-corrected chi connectivity index (χ1v) is 13.1. The number of carbonyl (C=O) groups excluding carboxylic acids is 1. The van der Waals surface area contributed by atoms with Gasteiger partial charge in [-0.1, -0.05) is 64.2 Å².